The number of aromatic amines is 1. The Hall–Kier alpha value is -3.04. The molecule has 2 aromatic carbocycles. The number of aryl methyl sites for hydroxylation is 1. The molecule has 0 atom stereocenters. The van der Waals surface area contributed by atoms with E-state index in [1.807, 2.05) is 12.1 Å². The number of carbonyl (C=O) groups excluding carboxylic acids is 1. The number of benzene rings is 2. The van der Waals surface area contributed by atoms with Gasteiger partial charge in [-0.3, -0.25) is 9.89 Å². The molecule has 0 saturated heterocycles. The molecule has 34 heavy (non-hydrogen) atoms. The predicted molar refractivity (Wildman–Crippen MR) is 128 cm³/mol. The number of unbranched alkanes of at least 4 members (excludes halogenated alkanes) is 2. The first kappa shape index (κ1) is 24.1. The number of aromatic nitrogens is 2. The van der Waals surface area contributed by atoms with E-state index in [2.05, 4.69) is 15.5 Å². The minimum absolute atomic E-state index is 0.126. The maximum atomic E-state index is 13.4. The van der Waals surface area contributed by atoms with Crippen molar-refractivity contribution in [1.29, 1.82) is 0 Å². The van der Waals surface area contributed by atoms with E-state index in [-0.39, 0.29) is 22.7 Å². The number of nitrogens with one attached hydrogen (secondary N) is 2. The van der Waals surface area contributed by atoms with Gasteiger partial charge in [-0.1, -0.05) is 24.6 Å². The highest BCUT2D eigenvalue weighted by Crippen LogP contribution is 2.22. The van der Waals surface area contributed by atoms with Gasteiger partial charge in [0.1, 0.15) is 5.82 Å². The minimum Gasteiger partial charge on any atom is -0.349 e. The fraction of sp³-hybridized carbons (Fsp3) is 0.360. The Morgan fingerprint density at radius 2 is 1.91 bits per heavy atom. The maximum Gasteiger partial charge on any atom is 0.251 e. The average molecular weight is 485 g/mol. The minimum atomic E-state index is -3.67. The number of hydrogen-bond acceptors (Lipinski definition) is 4. The van der Waals surface area contributed by atoms with E-state index in [0.29, 0.717) is 24.2 Å². The lowest BCUT2D eigenvalue weighted by molar-refractivity contribution is 0.0951. The zero-order chi connectivity index (χ0) is 24.1. The number of rotatable bonds is 11. The van der Waals surface area contributed by atoms with Crippen LogP contribution in [0, 0.1) is 5.82 Å². The number of carbonyl (C=O) groups is 1. The van der Waals surface area contributed by atoms with Crippen LogP contribution in [0.15, 0.2) is 59.5 Å². The molecule has 9 heteroatoms. The number of H-pyrrole nitrogens is 1. The van der Waals surface area contributed by atoms with E-state index in [1.165, 1.54) is 28.6 Å². The quantitative estimate of drug-likeness (QED) is 0.400. The van der Waals surface area contributed by atoms with Gasteiger partial charge in [-0.25, -0.2) is 17.1 Å². The normalized spacial score (nSPS) is 13.9. The smallest absolute Gasteiger partial charge is 0.251 e. The van der Waals surface area contributed by atoms with Gasteiger partial charge in [0.2, 0.25) is 10.0 Å². The third-order valence-corrected chi connectivity index (χ3v) is 7.74. The van der Waals surface area contributed by atoms with Crippen molar-refractivity contribution in [3.05, 3.63) is 71.7 Å². The van der Waals surface area contributed by atoms with Gasteiger partial charge in [-0.2, -0.15) is 5.10 Å². The van der Waals surface area contributed by atoms with Crippen molar-refractivity contribution in [2.75, 3.05) is 13.6 Å². The van der Waals surface area contributed by atoms with Gasteiger partial charge in [-0.05, 0) is 68.5 Å². The monoisotopic (exact) mass is 484 g/mol. The summed E-state index contributed by atoms with van der Waals surface area (Å²) in [7, 11) is -2.11. The molecule has 180 valence electrons. The van der Waals surface area contributed by atoms with Gasteiger partial charge in [0.25, 0.3) is 5.91 Å². The van der Waals surface area contributed by atoms with Gasteiger partial charge < -0.3 is 5.32 Å². The molecule has 7 nitrogen and oxygen atoms in total. The standard InChI is InChI=1S/C25H29FN4O3S/c1-30(34(32,33)23-11-6-8-19(16-23)25(31)27-21-12-13-21)14-4-2-3-10-22-17-24(29-28-22)18-7-5-9-20(26)15-18/h5-9,11,15-17,21H,2-4,10,12-14H2,1H3,(H,27,31)(H,28,29). The summed E-state index contributed by atoms with van der Waals surface area (Å²) in [6, 6.07) is 14.6. The molecule has 0 unspecified atom stereocenters. The molecule has 1 heterocycles. The summed E-state index contributed by atoms with van der Waals surface area (Å²) in [4.78, 5) is 12.4. The molecule has 1 aliphatic rings. The Kier molecular flexibility index (Phi) is 7.43. The summed E-state index contributed by atoms with van der Waals surface area (Å²) in [6.07, 6.45) is 5.15. The molecule has 1 aliphatic carbocycles. The molecule has 4 rings (SSSR count). The van der Waals surface area contributed by atoms with Gasteiger partial charge >= 0.3 is 0 Å². The van der Waals surface area contributed by atoms with Crippen molar-refractivity contribution in [1.82, 2.24) is 19.8 Å². The number of halogens is 1. The lowest BCUT2D eigenvalue weighted by Gasteiger charge is -2.17. The van der Waals surface area contributed by atoms with Gasteiger partial charge in [0.15, 0.2) is 0 Å². The Bertz CT molecular complexity index is 1250. The van der Waals surface area contributed by atoms with Crippen LogP contribution in [0.5, 0.6) is 0 Å². The molecule has 3 aromatic rings. The molecule has 2 N–H and O–H groups in total. The van der Waals surface area contributed by atoms with Crippen LogP contribution < -0.4 is 5.32 Å². The van der Waals surface area contributed by atoms with E-state index in [1.54, 1.807) is 25.2 Å². The van der Waals surface area contributed by atoms with Crippen LogP contribution in [0.2, 0.25) is 0 Å². The van der Waals surface area contributed by atoms with Crippen LogP contribution in [0.3, 0.4) is 0 Å². The van der Waals surface area contributed by atoms with Crippen LogP contribution >= 0.6 is 0 Å². The predicted octanol–water partition coefficient (Wildman–Crippen LogP) is 4.14. The van der Waals surface area contributed by atoms with Crippen molar-refractivity contribution in [3.63, 3.8) is 0 Å². The topological polar surface area (TPSA) is 95.2 Å². The summed E-state index contributed by atoms with van der Waals surface area (Å²) in [5, 5.41) is 10.1. The highest BCUT2D eigenvalue weighted by Gasteiger charge is 2.25. The van der Waals surface area contributed by atoms with Gasteiger partial charge in [0.05, 0.1) is 10.6 Å². The SMILES string of the molecule is CN(CCCCCc1cc(-c2cccc(F)c2)n[nH]1)S(=O)(=O)c1cccc(C(=O)NC2CC2)c1. The molecule has 1 aromatic heterocycles. The molecule has 0 bridgehead atoms. The molecule has 1 amide bonds. The number of nitrogens with zero attached hydrogens (tertiary/aromatic N) is 2. The summed E-state index contributed by atoms with van der Waals surface area (Å²) in [5.74, 6) is -0.532. The summed E-state index contributed by atoms with van der Waals surface area (Å²) in [5.41, 5.74) is 2.75. The number of sulfonamides is 1. The van der Waals surface area contributed by atoms with Crippen molar-refractivity contribution in [2.24, 2.45) is 0 Å². The Labute approximate surface area is 199 Å². The Balaban J connectivity index is 1.24. The average Bonchev–Trinajstić information content (AvgIpc) is 3.52. The van der Waals surface area contributed by atoms with E-state index >= 15 is 0 Å². The van der Waals surface area contributed by atoms with E-state index in [0.717, 1.165) is 43.4 Å². The van der Waals surface area contributed by atoms with Crippen molar-refractivity contribution in [2.45, 2.75) is 49.5 Å². The molecule has 1 saturated carbocycles. The molecule has 0 radical (unpaired) electrons. The van der Waals surface area contributed by atoms with Crippen molar-refractivity contribution in [3.8, 4) is 11.3 Å². The molecular formula is C25H29FN4O3S. The summed E-state index contributed by atoms with van der Waals surface area (Å²) in [6.45, 7) is 0.387. The molecule has 0 aliphatic heterocycles. The maximum absolute atomic E-state index is 13.4. The first-order valence-corrected chi connectivity index (χ1v) is 12.9. The molecular weight excluding hydrogens is 455 g/mol. The molecule has 1 fully saturated rings. The highest BCUT2D eigenvalue weighted by atomic mass is 32.2. The fourth-order valence-corrected chi connectivity index (χ4v) is 4.96. The third kappa shape index (κ3) is 6.09. The van der Waals surface area contributed by atoms with E-state index in [4.69, 9.17) is 0 Å². The zero-order valence-corrected chi connectivity index (χ0v) is 19.9. The van der Waals surface area contributed by atoms with Gasteiger partial charge in [-0.15, -0.1) is 0 Å². The van der Waals surface area contributed by atoms with Crippen LogP contribution in [0.25, 0.3) is 11.3 Å². The molecule has 0 spiro atoms. The summed E-state index contributed by atoms with van der Waals surface area (Å²) < 4.78 is 40.6. The van der Waals surface area contributed by atoms with Crippen molar-refractivity contribution < 1.29 is 17.6 Å². The third-order valence-electron chi connectivity index (χ3n) is 5.89. The largest absolute Gasteiger partial charge is 0.349 e. The van der Waals surface area contributed by atoms with Crippen molar-refractivity contribution >= 4 is 15.9 Å². The van der Waals surface area contributed by atoms with Crippen LogP contribution in [0.4, 0.5) is 4.39 Å². The number of hydrogen-bond donors (Lipinski definition) is 2. The first-order valence-electron chi connectivity index (χ1n) is 11.5. The Morgan fingerprint density at radius 3 is 2.68 bits per heavy atom. The zero-order valence-electron chi connectivity index (χ0n) is 19.1. The fourth-order valence-electron chi connectivity index (χ4n) is 3.71. The second-order valence-electron chi connectivity index (χ2n) is 8.70. The number of amides is 1. The van der Waals surface area contributed by atoms with Crippen LogP contribution in [-0.4, -0.2) is 48.5 Å². The van der Waals surface area contributed by atoms with E-state index in [9.17, 15) is 17.6 Å². The van der Waals surface area contributed by atoms with Gasteiger partial charge in [0, 0.05) is 36.5 Å². The van der Waals surface area contributed by atoms with Crippen LogP contribution in [0.1, 0.15) is 48.2 Å². The van der Waals surface area contributed by atoms with E-state index < -0.39 is 10.0 Å². The Morgan fingerprint density at radius 1 is 1.12 bits per heavy atom. The second kappa shape index (κ2) is 10.5. The lowest BCUT2D eigenvalue weighted by Crippen LogP contribution is -2.29. The second-order valence-corrected chi connectivity index (χ2v) is 10.7. The lowest BCUT2D eigenvalue weighted by atomic mass is 10.1. The first-order chi connectivity index (χ1) is 16.3. The highest BCUT2D eigenvalue weighted by molar-refractivity contribution is 7.89. The van der Waals surface area contributed by atoms with Crippen LogP contribution in [-0.2, 0) is 16.4 Å². The summed E-state index contributed by atoms with van der Waals surface area (Å²) >= 11 is 0.